The molecular weight excluding hydrogens is 388 g/mol. The van der Waals surface area contributed by atoms with Crippen molar-refractivity contribution >= 4 is 5.78 Å². The lowest BCUT2D eigenvalue weighted by Gasteiger charge is -2.01. The molecule has 5 nitrogen and oxygen atoms in total. The van der Waals surface area contributed by atoms with E-state index >= 15 is 0 Å². The van der Waals surface area contributed by atoms with Crippen LogP contribution in [0, 0.1) is 10.1 Å². The molecule has 0 aliphatic rings. The highest BCUT2D eigenvalue weighted by molar-refractivity contribution is 5.75. The van der Waals surface area contributed by atoms with Crippen LogP contribution in [0.4, 0.5) is 0 Å². The van der Waals surface area contributed by atoms with Gasteiger partial charge in [0.2, 0.25) is 6.54 Å². The third kappa shape index (κ3) is 36.7. The van der Waals surface area contributed by atoms with Crippen LogP contribution in [0.1, 0.15) is 149 Å². The maximum Gasteiger partial charge on any atom is 0.203 e. The number of hydrogen-bond donors (Lipinski definition) is 1. The molecule has 2 N–H and O–H groups in total. The third-order valence-corrected chi connectivity index (χ3v) is 5.68. The van der Waals surface area contributed by atoms with E-state index in [2.05, 4.69) is 6.92 Å². The van der Waals surface area contributed by atoms with Crippen molar-refractivity contribution in [2.45, 2.75) is 149 Å². The zero-order chi connectivity index (χ0) is 23.4. The number of unbranched alkanes of at least 4 members (excludes halogenated alkanes) is 18. The Morgan fingerprint density at radius 1 is 0.645 bits per heavy atom. The van der Waals surface area contributed by atoms with Crippen LogP contribution in [0.25, 0.3) is 0 Å². The minimum absolute atomic E-state index is 0.150. The lowest BCUT2D eigenvalue weighted by Crippen LogP contribution is -1.99. The van der Waals surface area contributed by atoms with Gasteiger partial charge in [-0.3, -0.25) is 10.1 Å². The molecule has 0 aromatic rings. The van der Waals surface area contributed by atoms with Gasteiger partial charge >= 0.3 is 0 Å². The van der Waals surface area contributed by atoms with Crippen LogP contribution >= 0.6 is 0 Å². The lowest BCUT2D eigenvalue weighted by atomic mass is 10.1. The monoisotopic (exact) mass is 442 g/mol. The smallest absolute Gasteiger partial charge is 0.203 e. The zero-order valence-electron chi connectivity index (χ0n) is 21.0. The molecule has 31 heavy (non-hydrogen) atoms. The molecule has 186 valence electrons. The normalized spacial score (nSPS) is 10.5. The molecule has 0 saturated carbocycles. The fourth-order valence-electron chi connectivity index (χ4n) is 3.66. The molecule has 0 unspecified atom stereocenters. The summed E-state index contributed by atoms with van der Waals surface area (Å²) < 4.78 is 0. The number of carbonyl (C=O) groups excluding carboxylic acids is 1. The molecule has 0 fully saturated rings. The average Bonchev–Trinajstić information content (AvgIpc) is 2.73. The van der Waals surface area contributed by atoms with Crippen LogP contribution in [0.5, 0.6) is 0 Å². The van der Waals surface area contributed by atoms with Crippen LogP contribution in [0.3, 0.4) is 0 Å². The molecular formula is C26H54N2O3. The standard InChI is InChI=1S/C13H27NO2.C13H27NO/c1-2-3-4-5-6-7-8-9-10-11-12-13-14(15)16;1-13(15)11-9-7-5-3-2-4-6-8-10-12-14/h2-13H2,1H3;2-12,14H2,1H3. The van der Waals surface area contributed by atoms with Crippen LogP contribution in [-0.4, -0.2) is 23.8 Å². The van der Waals surface area contributed by atoms with Crippen molar-refractivity contribution in [3.8, 4) is 0 Å². The molecule has 5 heteroatoms. The van der Waals surface area contributed by atoms with Crippen LogP contribution in [-0.2, 0) is 4.79 Å². The van der Waals surface area contributed by atoms with E-state index in [0.29, 0.717) is 5.78 Å². The van der Waals surface area contributed by atoms with Crippen molar-refractivity contribution in [1.29, 1.82) is 0 Å². The number of hydrogen-bond acceptors (Lipinski definition) is 4. The molecule has 0 rings (SSSR count). The molecule has 0 aromatic heterocycles. The van der Waals surface area contributed by atoms with Gasteiger partial charge in [0.25, 0.3) is 0 Å². The third-order valence-electron chi connectivity index (χ3n) is 5.68. The zero-order valence-corrected chi connectivity index (χ0v) is 21.0. The van der Waals surface area contributed by atoms with Gasteiger partial charge in [0, 0.05) is 17.8 Å². The highest BCUT2D eigenvalue weighted by atomic mass is 16.6. The highest BCUT2D eigenvalue weighted by Gasteiger charge is 1.97. The second-order valence-electron chi connectivity index (χ2n) is 9.01. The number of nitrogens with zero attached hydrogens (tertiary/aromatic N) is 1. The molecule has 0 saturated heterocycles. The highest BCUT2D eigenvalue weighted by Crippen LogP contribution is 2.11. The summed E-state index contributed by atoms with van der Waals surface area (Å²) in [5.41, 5.74) is 5.42. The number of ketones is 1. The summed E-state index contributed by atoms with van der Waals surface area (Å²) in [6, 6.07) is 0. The van der Waals surface area contributed by atoms with Crippen molar-refractivity contribution < 1.29 is 9.72 Å². The molecule has 0 aliphatic carbocycles. The molecule has 0 bridgehead atoms. The van der Waals surface area contributed by atoms with Gasteiger partial charge in [-0.15, -0.1) is 0 Å². The van der Waals surface area contributed by atoms with Gasteiger partial charge in [-0.05, 0) is 32.7 Å². The van der Waals surface area contributed by atoms with Crippen molar-refractivity contribution in [2.24, 2.45) is 5.73 Å². The Bertz CT molecular complexity index is 376. The first-order chi connectivity index (χ1) is 15.0. The van der Waals surface area contributed by atoms with E-state index in [4.69, 9.17) is 5.73 Å². The molecule has 0 aliphatic heterocycles. The van der Waals surface area contributed by atoms with Gasteiger partial charge in [0.15, 0.2) is 0 Å². The minimum Gasteiger partial charge on any atom is -0.330 e. The maximum absolute atomic E-state index is 10.7. The SMILES string of the molecule is CC(=O)CCCCCCCCCCCN.CCCCCCCCCCCCC[N+](=O)[O-]. The number of nitrogens with two attached hydrogens (primary N) is 1. The van der Waals surface area contributed by atoms with Crippen molar-refractivity contribution in [3.05, 3.63) is 10.1 Å². The van der Waals surface area contributed by atoms with Gasteiger partial charge in [-0.2, -0.15) is 0 Å². The topological polar surface area (TPSA) is 86.2 Å². The Labute approximate surface area is 193 Å². The fraction of sp³-hybridized carbons (Fsp3) is 0.962. The summed E-state index contributed by atoms with van der Waals surface area (Å²) in [4.78, 5) is 20.5. The van der Waals surface area contributed by atoms with Gasteiger partial charge in [0.1, 0.15) is 5.78 Å². The van der Waals surface area contributed by atoms with Crippen molar-refractivity contribution in [1.82, 2.24) is 0 Å². The van der Waals surface area contributed by atoms with Gasteiger partial charge in [0.05, 0.1) is 0 Å². The summed E-state index contributed by atoms with van der Waals surface area (Å²) in [6.07, 6.45) is 25.9. The number of Topliss-reactive ketones (excluding diaryl/α,β-unsaturated/α-hetero) is 1. The first kappa shape index (κ1) is 32.2. The summed E-state index contributed by atoms with van der Waals surface area (Å²) in [6.45, 7) is 4.91. The largest absolute Gasteiger partial charge is 0.330 e. The minimum atomic E-state index is -0.215. The molecule has 0 heterocycles. The Kier molecular flexibility index (Phi) is 30.2. The van der Waals surface area contributed by atoms with E-state index in [1.165, 1.54) is 109 Å². The second-order valence-corrected chi connectivity index (χ2v) is 9.01. The predicted octanol–water partition coefficient (Wildman–Crippen LogP) is 8.01. The van der Waals surface area contributed by atoms with E-state index in [0.717, 1.165) is 32.2 Å². The van der Waals surface area contributed by atoms with Crippen LogP contribution in [0.15, 0.2) is 0 Å². The van der Waals surface area contributed by atoms with Crippen molar-refractivity contribution in [2.75, 3.05) is 13.1 Å². The summed E-state index contributed by atoms with van der Waals surface area (Å²) in [7, 11) is 0. The first-order valence-electron chi connectivity index (χ1n) is 13.4. The first-order valence-corrected chi connectivity index (χ1v) is 13.4. The second kappa shape index (κ2) is 29.0. The Balaban J connectivity index is 0. The van der Waals surface area contributed by atoms with Gasteiger partial charge in [-0.1, -0.05) is 110 Å². The molecule has 0 atom stereocenters. The number of carbonyl (C=O) groups is 1. The Morgan fingerprint density at radius 3 is 1.35 bits per heavy atom. The van der Waals surface area contributed by atoms with E-state index in [9.17, 15) is 14.9 Å². The summed E-state index contributed by atoms with van der Waals surface area (Å²) >= 11 is 0. The van der Waals surface area contributed by atoms with E-state index < -0.39 is 0 Å². The summed E-state index contributed by atoms with van der Waals surface area (Å²) in [5, 5.41) is 10.1. The van der Waals surface area contributed by atoms with E-state index in [1.54, 1.807) is 6.92 Å². The maximum atomic E-state index is 10.7. The van der Waals surface area contributed by atoms with Crippen molar-refractivity contribution in [3.63, 3.8) is 0 Å². The number of nitro groups is 1. The summed E-state index contributed by atoms with van der Waals surface area (Å²) in [5.74, 6) is 0.330. The Hall–Kier alpha value is -0.970. The predicted molar refractivity (Wildman–Crippen MR) is 134 cm³/mol. The molecule has 0 spiro atoms. The lowest BCUT2D eigenvalue weighted by molar-refractivity contribution is -0.480. The Morgan fingerprint density at radius 2 is 1.00 bits per heavy atom. The number of rotatable bonds is 23. The van der Waals surface area contributed by atoms with E-state index in [-0.39, 0.29) is 11.5 Å². The van der Waals surface area contributed by atoms with Crippen LogP contribution in [0.2, 0.25) is 0 Å². The van der Waals surface area contributed by atoms with Gasteiger partial charge < -0.3 is 10.5 Å². The fourth-order valence-corrected chi connectivity index (χ4v) is 3.66. The van der Waals surface area contributed by atoms with Gasteiger partial charge in [-0.25, -0.2) is 0 Å². The molecule has 0 radical (unpaired) electrons. The average molecular weight is 443 g/mol. The van der Waals surface area contributed by atoms with E-state index in [1.807, 2.05) is 0 Å². The molecule has 0 aromatic carbocycles. The van der Waals surface area contributed by atoms with Crippen LogP contribution < -0.4 is 5.73 Å². The quantitative estimate of drug-likeness (QED) is 0.0986. The molecule has 0 amide bonds.